The van der Waals surface area contributed by atoms with E-state index in [-0.39, 0.29) is 17.1 Å². The van der Waals surface area contributed by atoms with E-state index in [4.69, 9.17) is 9.15 Å². The molecule has 2 aliphatic rings. The summed E-state index contributed by atoms with van der Waals surface area (Å²) in [5, 5.41) is 2.82. The van der Waals surface area contributed by atoms with Crippen LogP contribution in [0, 0.1) is 0 Å². The van der Waals surface area contributed by atoms with Crippen LogP contribution >= 0.6 is 0 Å². The van der Waals surface area contributed by atoms with Gasteiger partial charge in [0.1, 0.15) is 0 Å². The van der Waals surface area contributed by atoms with Crippen LogP contribution in [0.2, 0.25) is 0 Å². The Labute approximate surface area is 152 Å². The Morgan fingerprint density at radius 3 is 2.65 bits per heavy atom. The summed E-state index contributed by atoms with van der Waals surface area (Å²) in [6, 6.07) is 8.61. The van der Waals surface area contributed by atoms with Gasteiger partial charge in [-0.3, -0.25) is 9.10 Å². The van der Waals surface area contributed by atoms with Crippen molar-refractivity contribution in [2.24, 2.45) is 0 Å². The van der Waals surface area contributed by atoms with Gasteiger partial charge in [-0.1, -0.05) is 0 Å². The Hall–Kier alpha value is -2.32. The number of anilines is 2. The molecule has 2 aliphatic heterocycles. The SMILES string of the molecule is CS(=O)(=O)N1CC2(CCOCC2)c2cc(NC(=O)c3ccco3)ccc21. The maximum absolute atomic E-state index is 12.3. The van der Waals surface area contributed by atoms with Crippen molar-refractivity contribution in [3.8, 4) is 0 Å². The van der Waals surface area contributed by atoms with Crippen LogP contribution in [0.25, 0.3) is 0 Å². The molecule has 1 spiro atoms. The summed E-state index contributed by atoms with van der Waals surface area (Å²) in [4.78, 5) is 12.2. The van der Waals surface area contributed by atoms with Crippen LogP contribution < -0.4 is 9.62 Å². The number of rotatable bonds is 3. The summed E-state index contributed by atoms with van der Waals surface area (Å²) in [5.41, 5.74) is 1.97. The summed E-state index contributed by atoms with van der Waals surface area (Å²) < 4.78 is 36.6. The van der Waals surface area contributed by atoms with Crippen LogP contribution in [0.4, 0.5) is 11.4 Å². The van der Waals surface area contributed by atoms with Gasteiger partial charge in [0.25, 0.3) is 5.91 Å². The van der Waals surface area contributed by atoms with Crippen molar-refractivity contribution in [1.82, 2.24) is 0 Å². The van der Waals surface area contributed by atoms with Gasteiger partial charge in [-0.2, -0.15) is 0 Å². The third-order valence-electron chi connectivity index (χ3n) is 5.14. The molecule has 1 aromatic heterocycles. The molecule has 3 heterocycles. The molecular formula is C18H20N2O5S. The van der Waals surface area contributed by atoms with E-state index in [0.717, 1.165) is 18.4 Å². The van der Waals surface area contributed by atoms with Gasteiger partial charge in [0.15, 0.2) is 5.76 Å². The molecule has 0 aliphatic carbocycles. The molecule has 0 bridgehead atoms. The molecular weight excluding hydrogens is 356 g/mol. The molecule has 26 heavy (non-hydrogen) atoms. The predicted octanol–water partition coefficient (Wildman–Crippen LogP) is 2.36. The zero-order chi connectivity index (χ0) is 18.4. The zero-order valence-electron chi connectivity index (χ0n) is 14.4. The molecule has 1 N–H and O–H groups in total. The van der Waals surface area contributed by atoms with Crippen molar-refractivity contribution in [3.05, 3.63) is 47.9 Å². The molecule has 1 aromatic carbocycles. The Kier molecular flexibility index (Phi) is 4.04. The van der Waals surface area contributed by atoms with E-state index in [1.165, 1.54) is 16.8 Å². The zero-order valence-corrected chi connectivity index (χ0v) is 15.2. The number of hydrogen-bond acceptors (Lipinski definition) is 5. The Bertz CT molecular complexity index is 930. The smallest absolute Gasteiger partial charge is 0.291 e. The summed E-state index contributed by atoms with van der Waals surface area (Å²) in [5.74, 6) is -0.113. The molecule has 0 atom stereocenters. The second-order valence-electron chi connectivity index (χ2n) is 6.83. The van der Waals surface area contributed by atoms with E-state index in [0.29, 0.717) is 31.1 Å². The van der Waals surface area contributed by atoms with Gasteiger partial charge in [-0.15, -0.1) is 0 Å². The van der Waals surface area contributed by atoms with Gasteiger partial charge in [-0.05, 0) is 48.7 Å². The molecule has 7 nitrogen and oxygen atoms in total. The predicted molar refractivity (Wildman–Crippen MR) is 97.0 cm³/mol. The topological polar surface area (TPSA) is 88.9 Å². The van der Waals surface area contributed by atoms with Gasteiger partial charge >= 0.3 is 0 Å². The minimum Gasteiger partial charge on any atom is -0.459 e. The first kappa shape index (κ1) is 17.1. The minimum atomic E-state index is -3.37. The Morgan fingerprint density at radius 2 is 2.00 bits per heavy atom. The largest absolute Gasteiger partial charge is 0.459 e. The third-order valence-corrected chi connectivity index (χ3v) is 6.26. The summed E-state index contributed by atoms with van der Waals surface area (Å²) in [7, 11) is -3.37. The molecule has 1 fully saturated rings. The average molecular weight is 376 g/mol. The highest BCUT2D eigenvalue weighted by Crippen LogP contribution is 2.48. The van der Waals surface area contributed by atoms with Crippen LogP contribution in [-0.4, -0.2) is 40.3 Å². The van der Waals surface area contributed by atoms with Crippen LogP contribution in [0.3, 0.4) is 0 Å². The number of nitrogens with zero attached hydrogens (tertiary/aromatic N) is 1. The van der Waals surface area contributed by atoms with Gasteiger partial charge in [-0.25, -0.2) is 8.42 Å². The summed E-state index contributed by atoms with van der Waals surface area (Å²) in [6.45, 7) is 1.61. The monoisotopic (exact) mass is 376 g/mol. The van der Waals surface area contributed by atoms with Crippen molar-refractivity contribution in [2.45, 2.75) is 18.3 Å². The highest BCUT2D eigenvalue weighted by molar-refractivity contribution is 7.92. The first-order valence-corrected chi connectivity index (χ1v) is 10.3. The van der Waals surface area contributed by atoms with Gasteiger partial charge in [0.2, 0.25) is 10.0 Å². The fourth-order valence-corrected chi connectivity index (χ4v) is 4.79. The van der Waals surface area contributed by atoms with E-state index in [9.17, 15) is 13.2 Å². The fraction of sp³-hybridized carbons (Fsp3) is 0.389. The number of benzene rings is 1. The number of carbonyl (C=O) groups excluding carboxylic acids is 1. The highest BCUT2D eigenvalue weighted by atomic mass is 32.2. The van der Waals surface area contributed by atoms with E-state index in [1.54, 1.807) is 24.3 Å². The van der Waals surface area contributed by atoms with Crippen LogP contribution in [0.15, 0.2) is 41.0 Å². The van der Waals surface area contributed by atoms with Crippen molar-refractivity contribution in [3.63, 3.8) is 0 Å². The molecule has 4 rings (SSSR count). The lowest BCUT2D eigenvalue weighted by Crippen LogP contribution is -2.40. The van der Waals surface area contributed by atoms with Crippen molar-refractivity contribution >= 4 is 27.3 Å². The minimum absolute atomic E-state index is 0.226. The maximum Gasteiger partial charge on any atom is 0.291 e. The first-order chi connectivity index (χ1) is 12.4. The second kappa shape index (κ2) is 6.14. The Balaban J connectivity index is 1.72. The first-order valence-electron chi connectivity index (χ1n) is 8.44. The molecule has 138 valence electrons. The lowest BCUT2D eigenvalue weighted by molar-refractivity contribution is 0.0560. The highest BCUT2D eigenvalue weighted by Gasteiger charge is 2.46. The Morgan fingerprint density at radius 1 is 1.23 bits per heavy atom. The van der Waals surface area contributed by atoms with Crippen LogP contribution in [0.5, 0.6) is 0 Å². The van der Waals surface area contributed by atoms with Gasteiger partial charge < -0.3 is 14.5 Å². The van der Waals surface area contributed by atoms with Crippen molar-refractivity contribution < 1.29 is 22.4 Å². The molecule has 1 saturated heterocycles. The molecule has 0 saturated carbocycles. The number of fused-ring (bicyclic) bond motifs is 2. The summed E-state index contributed by atoms with van der Waals surface area (Å²) >= 11 is 0. The maximum atomic E-state index is 12.3. The van der Waals surface area contributed by atoms with Gasteiger partial charge in [0, 0.05) is 30.9 Å². The molecule has 1 amide bonds. The fourth-order valence-electron chi connectivity index (χ4n) is 3.79. The van der Waals surface area contributed by atoms with E-state index < -0.39 is 10.0 Å². The van der Waals surface area contributed by atoms with E-state index in [1.807, 2.05) is 6.07 Å². The standard InChI is InChI=1S/C18H20N2O5S/c1-26(22,23)20-12-18(6-9-24-10-7-18)14-11-13(4-5-15(14)20)19-17(21)16-3-2-8-25-16/h2-5,8,11H,6-7,9-10,12H2,1H3,(H,19,21). The second-order valence-corrected chi connectivity index (χ2v) is 8.73. The lowest BCUT2D eigenvalue weighted by atomic mass is 9.76. The van der Waals surface area contributed by atoms with Crippen LogP contribution in [-0.2, 0) is 20.2 Å². The molecule has 2 aromatic rings. The summed E-state index contributed by atoms with van der Waals surface area (Å²) in [6.07, 6.45) is 4.17. The molecule has 0 unspecified atom stereocenters. The number of ether oxygens (including phenoxy) is 1. The lowest BCUT2D eigenvalue weighted by Gasteiger charge is -2.34. The van der Waals surface area contributed by atoms with E-state index in [2.05, 4.69) is 5.32 Å². The number of furan rings is 1. The normalized spacial score (nSPS) is 18.7. The number of hydrogen-bond donors (Lipinski definition) is 1. The van der Waals surface area contributed by atoms with Crippen LogP contribution in [0.1, 0.15) is 29.0 Å². The average Bonchev–Trinajstić information content (AvgIpc) is 3.23. The molecule has 8 heteroatoms. The van der Waals surface area contributed by atoms with Crippen molar-refractivity contribution in [2.75, 3.05) is 35.6 Å². The van der Waals surface area contributed by atoms with Crippen molar-refractivity contribution in [1.29, 1.82) is 0 Å². The number of amides is 1. The third kappa shape index (κ3) is 2.89. The van der Waals surface area contributed by atoms with Gasteiger partial charge in [0.05, 0.1) is 18.2 Å². The quantitative estimate of drug-likeness (QED) is 0.888. The number of sulfonamides is 1. The molecule has 0 radical (unpaired) electrons. The number of nitrogens with one attached hydrogen (secondary N) is 1. The van der Waals surface area contributed by atoms with E-state index >= 15 is 0 Å². The number of carbonyl (C=O) groups is 1.